The summed E-state index contributed by atoms with van der Waals surface area (Å²) >= 11 is 7.54. The summed E-state index contributed by atoms with van der Waals surface area (Å²) in [6.07, 6.45) is 8.29. The fourth-order valence-corrected chi connectivity index (χ4v) is 4.73. The molecule has 1 nitrogen and oxygen atoms in total. The molecule has 0 radical (unpaired) electrons. The Morgan fingerprint density at radius 3 is 2.63 bits per heavy atom. The highest BCUT2D eigenvalue weighted by Gasteiger charge is 2.20. The van der Waals surface area contributed by atoms with Gasteiger partial charge in [0.1, 0.15) is 5.75 Å². The Labute approximate surface area is 133 Å². The van der Waals surface area contributed by atoms with Crippen molar-refractivity contribution in [2.24, 2.45) is 5.92 Å². The summed E-state index contributed by atoms with van der Waals surface area (Å²) in [7, 11) is 0. The van der Waals surface area contributed by atoms with Crippen molar-refractivity contribution in [1.29, 1.82) is 0 Å². The SMILES string of the molecule is CCOc1ccc(C(Br)CC2CCCCC2)c(Br)c1. The van der Waals surface area contributed by atoms with Crippen molar-refractivity contribution >= 4 is 31.9 Å². The Bertz CT molecular complexity index is 400. The van der Waals surface area contributed by atoms with Crippen molar-refractivity contribution in [2.45, 2.75) is 50.3 Å². The quantitative estimate of drug-likeness (QED) is 0.540. The lowest BCUT2D eigenvalue weighted by atomic mass is 9.85. The maximum Gasteiger partial charge on any atom is 0.120 e. The molecule has 2 rings (SSSR count). The second-order valence-corrected chi connectivity index (χ2v) is 7.28. The normalized spacial score (nSPS) is 18.3. The molecule has 1 saturated carbocycles. The predicted octanol–water partition coefficient (Wildman–Crippen LogP) is 6.25. The molecule has 0 amide bonds. The third kappa shape index (κ3) is 4.49. The Kier molecular flexibility index (Phi) is 6.21. The second-order valence-electron chi connectivity index (χ2n) is 5.32. The standard InChI is InChI=1S/C16H22Br2O/c1-2-19-13-8-9-14(16(18)11-13)15(17)10-12-6-4-3-5-7-12/h8-9,11-12,15H,2-7,10H2,1H3. The first kappa shape index (κ1) is 15.4. The van der Waals surface area contributed by atoms with Crippen molar-refractivity contribution in [3.8, 4) is 5.75 Å². The summed E-state index contributed by atoms with van der Waals surface area (Å²) in [4.78, 5) is 0.445. The summed E-state index contributed by atoms with van der Waals surface area (Å²) in [6, 6.07) is 6.32. The van der Waals surface area contributed by atoms with Crippen molar-refractivity contribution in [3.05, 3.63) is 28.2 Å². The van der Waals surface area contributed by atoms with Crippen molar-refractivity contribution in [2.75, 3.05) is 6.61 Å². The number of rotatable bonds is 5. The molecule has 1 atom stereocenters. The maximum absolute atomic E-state index is 5.53. The predicted molar refractivity (Wildman–Crippen MR) is 88.2 cm³/mol. The zero-order valence-corrected chi connectivity index (χ0v) is 14.7. The maximum atomic E-state index is 5.53. The lowest BCUT2D eigenvalue weighted by Gasteiger charge is -2.24. The average molecular weight is 390 g/mol. The largest absolute Gasteiger partial charge is 0.494 e. The van der Waals surface area contributed by atoms with Gasteiger partial charge in [0.25, 0.3) is 0 Å². The highest BCUT2D eigenvalue weighted by atomic mass is 79.9. The summed E-state index contributed by atoms with van der Waals surface area (Å²) in [5.41, 5.74) is 1.34. The van der Waals surface area contributed by atoms with Crippen LogP contribution in [0.3, 0.4) is 0 Å². The number of ether oxygens (including phenoxy) is 1. The van der Waals surface area contributed by atoms with E-state index in [0.29, 0.717) is 11.4 Å². The van der Waals surface area contributed by atoms with E-state index in [-0.39, 0.29) is 0 Å². The minimum absolute atomic E-state index is 0.445. The van der Waals surface area contributed by atoms with Crippen molar-refractivity contribution in [1.82, 2.24) is 0 Å². The first-order valence-electron chi connectivity index (χ1n) is 7.27. The van der Waals surface area contributed by atoms with Gasteiger partial charge < -0.3 is 4.74 Å². The molecule has 1 aliphatic rings. The molecular weight excluding hydrogens is 368 g/mol. The fraction of sp³-hybridized carbons (Fsp3) is 0.625. The lowest BCUT2D eigenvalue weighted by molar-refractivity contribution is 0.336. The molecule has 1 unspecified atom stereocenters. The molecule has 1 aromatic rings. The number of hydrogen-bond acceptors (Lipinski definition) is 1. The van der Waals surface area contributed by atoms with Gasteiger partial charge in [-0.1, -0.05) is 70.0 Å². The first-order chi connectivity index (χ1) is 9.20. The number of hydrogen-bond donors (Lipinski definition) is 0. The Hall–Kier alpha value is -0.0200. The number of halogens is 2. The van der Waals surface area contributed by atoms with Crippen LogP contribution in [0.15, 0.2) is 22.7 Å². The van der Waals surface area contributed by atoms with E-state index in [4.69, 9.17) is 4.74 Å². The smallest absolute Gasteiger partial charge is 0.120 e. The van der Waals surface area contributed by atoms with Gasteiger partial charge in [0, 0.05) is 9.30 Å². The Morgan fingerprint density at radius 1 is 1.26 bits per heavy atom. The molecule has 19 heavy (non-hydrogen) atoms. The molecule has 0 saturated heterocycles. The van der Waals surface area contributed by atoms with Crippen LogP contribution in [-0.4, -0.2) is 6.61 Å². The van der Waals surface area contributed by atoms with Gasteiger partial charge in [-0.3, -0.25) is 0 Å². The van der Waals surface area contributed by atoms with E-state index < -0.39 is 0 Å². The molecule has 0 bridgehead atoms. The van der Waals surface area contributed by atoms with E-state index in [9.17, 15) is 0 Å². The lowest BCUT2D eigenvalue weighted by Crippen LogP contribution is -2.09. The molecule has 0 N–H and O–H groups in total. The van der Waals surface area contributed by atoms with Crippen molar-refractivity contribution < 1.29 is 4.74 Å². The molecule has 1 fully saturated rings. The molecule has 0 aliphatic heterocycles. The first-order valence-corrected chi connectivity index (χ1v) is 8.98. The van der Waals surface area contributed by atoms with Gasteiger partial charge in [0.15, 0.2) is 0 Å². The third-order valence-electron chi connectivity index (χ3n) is 3.89. The van der Waals surface area contributed by atoms with Crippen LogP contribution in [0, 0.1) is 5.92 Å². The molecule has 1 aliphatic carbocycles. The second kappa shape index (κ2) is 7.68. The van der Waals surface area contributed by atoms with Crippen LogP contribution in [0.1, 0.15) is 55.8 Å². The molecule has 0 aromatic heterocycles. The zero-order valence-electron chi connectivity index (χ0n) is 11.5. The van der Waals surface area contributed by atoms with Crippen LogP contribution >= 0.6 is 31.9 Å². The summed E-state index contributed by atoms with van der Waals surface area (Å²) in [5.74, 6) is 1.83. The Morgan fingerprint density at radius 2 is 2.00 bits per heavy atom. The van der Waals surface area contributed by atoms with E-state index in [1.165, 1.54) is 44.1 Å². The van der Waals surface area contributed by atoms with Gasteiger partial charge in [-0.25, -0.2) is 0 Å². The molecule has 3 heteroatoms. The molecular formula is C16H22Br2O. The van der Waals surface area contributed by atoms with Crippen LogP contribution in [0.4, 0.5) is 0 Å². The molecule has 0 heterocycles. The Balaban J connectivity index is 1.99. The van der Waals surface area contributed by atoms with Crippen LogP contribution < -0.4 is 4.74 Å². The van der Waals surface area contributed by atoms with Gasteiger partial charge in [0.2, 0.25) is 0 Å². The van der Waals surface area contributed by atoms with E-state index in [0.717, 1.165) is 16.1 Å². The monoisotopic (exact) mass is 388 g/mol. The minimum atomic E-state index is 0.445. The van der Waals surface area contributed by atoms with E-state index >= 15 is 0 Å². The highest BCUT2D eigenvalue weighted by Crippen LogP contribution is 2.39. The van der Waals surface area contributed by atoms with E-state index in [2.05, 4.69) is 50.1 Å². The van der Waals surface area contributed by atoms with Gasteiger partial charge >= 0.3 is 0 Å². The third-order valence-corrected chi connectivity index (χ3v) is 5.44. The highest BCUT2D eigenvalue weighted by molar-refractivity contribution is 9.11. The van der Waals surface area contributed by atoms with Gasteiger partial charge in [-0.15, -0.1) is 0 Å². The van der Waals surface area contributed by atoms with Gasteiger partial charge in [0.05, 0.1) is 6.61 Å². The van der Waals surface area contributed by atoms with Crippen LogP contribution in [0.2, 0.25) is 0 Å². The number of alkyl halides is 1. The summed E-state index contributed by atoms with van der Waals surface area (Å²) in [5, 5.41) is 0. The minimum Gasteiger partial charge on any atom is -0.494 e. The van der Waals surface area contributed by atoms with E-state index in [1.807, 2.05) is 6.92 Å². The molecule has 0 spiro atoms. The fourth-order valence-electron chi connectivity index (χ4n) is 2.86. The van der Waals surface area contributed by atoms with Crippen LogP contribution in [0.5, 0.6) is 5.75 Å². The average Bonchev–Trinajstić information content (AvgIpc) is 2.40. The van der Waals surface area contributed by atoms with Crippen LogP contribution in [0.25, 0.3) is 0 Å². The summed E-state index contributed by atoms with van der Waals surface area (Å²) < 4.78 is 6.68. The topological polar surface area (TPSA) is 9.23 Å². The number of benzene rings is 1. The zero-order chi connectivity index (χ0) is 13.7. The van der Waals surface area contributed by atoms with Crippen molar-refractivity contribution in [3.63, 3.8) is 0 Å². The molecule has 1 aromatic carbocycles. The van der Waals surface area contributed by atoms with Gasteiger partial charge in [-0.05, 0) is 37.0 Å². The molecule has 106 valence electrons. The summed E-state index contributed by atoms with van der Waals surface area (Å²) in [6.45, 7) is 2.73. The van der Waals surface area contributed by atoms with Gasteiger partial charge in [-0.2, -0.15) is 0 Å². The van der Waals surface area contributed by atoms with E-state index in [1.54, 1.807) is 0 Å². The van der Waals surface area contributed by atoms with Crippen LogP contribution in [-0.2, 0) is 0 Å².